The molecule has 2 amide bonds. The van der Waals surface area contributed by atoms with E-state index in [1.165, 1.54) is 0 Å². The predicted molar refractivity (Wildman–Crippen MR) is 101 cm³/mol. The molecule has 2 rings (SSSR count). The number of likely N-dealkylation sites (N-methyl/N-ethyl adjacent to an activating group) is 1. The van der Waals surface area contributed by atoms with Gasteiger partial charge in [0.15, 0.2) is 0 Å². The van der Waals surface area contributed by atoms with Gasteiger partial charge in [-0.25, -0.2) is 4.79 Å². The summed E-state index contributed by atoms with van der Waals surface area (Å²) in [5.74, 6) is 0.801. The van der Waals surface area contributed by atoms with Crippen molar-refractivity contribution in [1.29, 1.82) is 0 Å². The fourth-order valence-corrected chi connectivity index (χ4v) is 2.74. The van der Waals surface area contributed by atoms with Gasteiger partial charge in [-0.05, 0) is 49.5 Å². The van der Waals surface area contributed by atoms with E-state index in [-0.39, 0.29) is 12.1 Å². The zero-order valence-electron chi connectivity index (χ0n) is 14.8. The number of halogens is 1. The first kappa shape index (κ1) is 19.1. The normalized spacial score (nSPS) is 11.9. The number of carbonyl (C=O) groups is 1. The lowest BCUT2D eigenvalue weighted by atomic mass is 10.1. The minimum atomic E-state index is -0.213. The van der Waals surface area contributed by atoms with Gasteiger partial charge < -0.3 is 20.3 Å². The first-order valence-corrected chi connectivity index (χ1v) is 8.44. The zero-order chi connectivity index (χ0) is 18.2. The molecule has 0 heterocycles. The number of amides is 2. The fraction of sp³-hybridized carbons (Fsp3) is 0.316. The number of hydrogen-bond acceptors (Lipinski definition) is 3. The number of benzene rings is 2. The molecule has 0 aliphatic rings. The molecule has 6 heteroatoms. The van der Waals surface area contributed by atoms with E-state index < -0.39 is 0 Å². The fourth-order valence-electron chi connectivity index (χ4n) is 2.53. The van der Waals surface area contributed by atoms with Crippen LogP contribution in [0.2, 0.25) is 5.02 Å². The van der Waals surface area contributed by atoms with Crippen LogP contribution in [-0.2, 0) is 6.54 Å². The molecule has 0 saturated carbocycles. The van der Waals surface area contributed by atoms with Crippen LogP contribution in [0.1, 0.15) is 17.2 Å². The minimum Gasteiger partial charge on any atom is -0.497 e. The van der Waals surface area contributed by atoms with E-state index >= 15 is 0 Å². The smallest absolute Gasteiger partial charge is 0.315 e. The highest BCUT2D eigenvalue weighted by atomic mass is 35.5. The summed E-state index contributed by atoms with van der Waals surface area (Å²) in [7, 11) is 5.61. The van der Waals surface area contributed by atoms with Crippen LogP contribution >= 0.6 is 11.6 Å². The summed E-state index contributed by atoms with van der Waals surface area (Å²) >= 11 is 5.95. The van der Waals surface area contributed by atoms with Gasteiger partial charge in [-0.2, -0.15) is 0 Å². The molecule has 0 fully saturated rings. The summed E-state index contributed by atoms with van der Waals surface area (Å²) in [6.45, 7) is 0.916. The maximum Gasteiger partial charge on any atom is 0.315 e. The molecule has 1 unspecified atom stereocenters. The van der Waals surface area contributed by atoms with Gasteiger partial charge in [0.1, 0.15) is 5.75 Å². The lowest BCUT2D eigenvalue weighted by molar-refractivity contribution is 0.232. The molecule has 0 aromatic heterocycles. The molecule has 0 saturated heterocycles. The summed E-state index contributed by atoms with van der Waals surface area (Å²) in [6, 6.07) is 15.1. The van der Waals surface area contributed by atoms with Crippen LogP contribution in [0.5, 0.6) is 5.75 Å². The van der Waals surface area contributed by atoms with E-state index in [4.69, 9.17) is 16.3 Å². The Kier molecular flexibility index (Phi) is 7.10. The number of hydrogen-bond donors (Lipinski definition) is 2. The molecule has 0 radical (unpaired) electrons. The Labute approximate surface area is 153 Å². The Morgan fingerprint density at radius 1 is 1.16 bits per heavy atom. The molecule has 5 nitrogen and oxygen atoms in total. The number of nitrogens with one attached hydrogen (secondary N) is 2. The largest absolute Gasteiger partial charge is 0.497 e. The quantitative estimate of drug-likeness (QED) is 0.794. The van der Waals surface area contributed by atoms with Crippen molar-refractivity contribution in [3.63, 3.8) is 0 Å². The number of nitrogens with zero attached hydrogens (tertiary/aromatic N) is 1. The third-order valence-corrected chi connectivity index (χ3v) is 4.14. The SMILES string of the molecule is COc1cccc(C(CNC(=O)NCc2cccc(Cl)c2)N(C)C)c1. The van der Waals surface area contributed by atoms with E-state index in [1.54, 1.807) is 13.2 Å². The second-order valence-electron chi connectivity index (χ2n) is 5.95. The van der Waals surface area contributed by atoms with Crippen molar-refractivity contribution in [1.82, 2.24) is 15.5 Å². The van der Waals surface area contributed by atoms with Crippen molar-refractivity contribution in [3.8, 4) is 5.75 Å². The van der Waals surface area contributed by atoms with Crippen LogP contribution in [0.3, 0.4) is 0 Å². The Bertz CT molecular complexity index is 707. The van der Waals surface area contributed by atoms with E-state index in [9.17, 15) is 4.79 Å². The van der Waals surface area contributed by atoms with Crippen molar-refractivity contribution < 1.29 is 9.53 Å². The Morgan fingerprint density at radius 2 is 1.92 bits per heavy atom. The van der Waals surface area contributed by atoms with Crippen molar-refractivity contribution in [2.45, 2.75) is 12.6 Å². The third-order valence-electron chi connectivity index (χ3n) is 3.90. The first-order valence-electron chi connectivity index (χ1n) is 8.06. The zero-order valence-corrected chi connectivity index (χ0v) is 15.5. The van der Waals surface area contributed by atoms with Crippen molar-refractivity contribution in [2.24, 2.45) is 0 Å². The summed E-state index contributed by atoms with van der Waals surface area (Å²) in [4.78, 5) is 14.1. The highest BCUT2D eigenvalue weighted by Gasteiger charge is 2.15. The first-order chi connectivity index (χ1) is 12.0. The summed E-state index contributed by atoms with van der Waals surface area (Å²) in [6.07, 6.45) is 0. The van der Waals surface area contributed by atoms with Gasteiger partial charge in [0, 0.05) is 18.1 Å². The standard InChI is InChI=1S/C19H24ClN3O2/c1-23(2)18(15-7-5-9-17(11-15)25-3)13-22-19(24)21-12-14-6-4-8-16(20)10-14/h4-11,18H,12-13H2,1-3H3,(H2,21,22,24). The lowest BCUT2D eigenvalue weighted by Crippen LogP contribution is -2.40. The molecule has 1 atom stereocenters. The average Bonchev–Trinajstić information content (AvgIpc) is 2.60. The number of carbonyl (C=O) groups excluding carboxylic acids is 1. The van der Waals surface area contributed by atoms with Crippen LogP contribution in [-0.4, -0.2) is 38.7 Å². The topological polar surface area (TPSA) is 53.6 Å². The number of ether oxygens (including phenoxy) is 1. The number of methoxy groups -OCH3 is 1. The molecule has 2 N–H and O–H groups in total. The monoisotopic (exact) mass is 361 g/mol. The number of urea groups is 1. The van der Waals surface area contributed by atoms with Crippen LogP contribution in [0, 0.1) is 0 Å². The second-order valence-corrected chi connectivity index (χ2v) is 6.39. The van der Waals surface area contributed by atoms with E-state index in [1.807, 2.05) is 56.6 Å². The van der Waals surface area contributed by atoms with Crippen molar-refractivity contribution >= 4 is 17.6 Å². The molecule has 134 valence electrons. The van der Waals surface area contributed by atoms with Gasteiger partial charge in [-0.1, -0.05) is 35.9 Å². The maximum atomic E-state index is 12.1. The van der Waals surface area contributed by atoms with Crippen molar-refractivity contribution in [2.75, 3.05) is 27.7 Å². The lowest BCUT2D eigenvalue weighted by Gasteiger charge is -2.25. The minimum absolute atomic E-state index is 0.0482. The van der Waals surface area contributed by atoms with E-state index in [2.05, 4.69) is 15.5 Å². The van der Waals surface area contributed by atoms with Crippen LogP contribution in [0.25, 0.3) is 0 Å². The summed E-state index contributed by atoms with van der Waals surface area (Å²) in [5.41, 5.74) is 2.04. The molecule has 0 spiro atoms. The number of rotatable bonds is 7. The van der Waals surface area contributed by atoms with Gasteiger partial charge in [-0.15, -0.1) is 0 Å². The Hall–Kier alpha value is -2.24. The van der Waals surface area contributed by atoms with Crippen LogP contribution in [0.4, 0.5) is 4.79 Å². The van der Waals surface area contributed by atoms with Gasteiger partial charge in [0.05, 0.1) is 13.2 Å². The maximum absolute atomic E-state index is 12.1. The predicted octanol–water partition coefficient (Wildman–Crippen LogP) is 3.45. The highest BCUT2D eigenvalue weighted by molar-refractivity contribution is 6.30. The van der Waals surface area contributed by atoms with E-state index in [0.29, 0.717) is 18.1 Å². The van der Waals surface area contributed by atoms with Gasteiger partial charge >= 0.3 is 6.03 Å². The van der Waals surface area contributed by atoms with Gasteiger partial charge in [0.25, 0.3) is 0 Å². The van der Waals surface area contributed by atoms with Gasteiger partial charge in [0.2, 0.25) is 0 Å². The molecule has 0 aliphatic heterocycles. The molecular formula is C19H24ClN3O2. The van der Waals surface area contributed by atoms with Crippen molar-refractivity contribution in [3.05, 3.63) is 64.7 Å². The van der Waals surface area contributed by atoms with Crippen LogP contribution < -0.4 is 15.4 Å². The molecule has 25 heavy (non-hydrogen) atoms. The van der Waals surface area contributed by atoms with E-state index in [0.717, 1.165) is 16.9 Å². The summed E-state index contributed by atoms with van der Waals surface area (Å²) < 4.78 is 5.28. The van der Waals surface area contributed by atoms with Crippen LogP contribution in [0.15, 0.2) is 48.5 Å². The average molecular weight is 362 g/mol. The highest BCUT2D eigenvalue weighted by Crippen LogP contribution is 2.22. The molecule has 2 aromatic carbocycles. The molecule has 2 aromatic rings. The Balaban J connectivity index is 1.90. The molecular weight excluding hydrogens is 338 g/mol. The molecule has 0 bridgehead atoms. The Morgan fingerprint density at radius 3 is 2.60 bits per heavy atom. The molecule has 0 aliphatic carbocycles. The third kappa shape index (κ3) is 5.96. The summed E-state index contributed by atoms with van der Waals surface area (Å²) in [5, 5.41) is 6.42. The van der Waals surface area contributed by atoms with Gasteiger partial charge in [-0.3, -0.25) is 0 Å². The second kappa shape index (κ2) is 9.30.